The van der Waals surface area contributed by atoms with Crippen molar-refractivity contribution in [1.82, 2.24) is 0 Å². The van der Waals surface area contributed by atoms with E-state index >= 15 is 0 Å². The molecule has 0 saturated carbocycles. The minimum atomic E-state index is -0.468. The van der Waals surface area contributed by atoms with Crippen LogP contribution < -0.4 is 10.4 Å². The maximum atomic E-state index is 13.0. The van der Waals surface area contributed by atoms with E-state index in [4.69, 9.17) is 13.9 Å². The maximum absolute atomic E-state index is 13.0. The van der Waals surface area contributed by atoms with Crippen LogP contribution in [0.5, 0.6) is 5.75 Å². The minimum absolute atomic E-state index is 0.129. The second-order valence-electron chi connectivity index (χ2n) is 6.37. The summed E-state index contributed by atoms with van der Waals surface area (Å²) in [7, 11) is 0. The number of carbonyl (C=O) groups excluding carboxylic acids is 1. The van der Waals surface area contributed by atoms with Crippen LogP contribution >= 0.6 is 0 Å². The van der Waals surface area contributed by atoms with Gasteiger partial charge < -0.3 is 13.9 Å². The normalized spacial score (nSPS) is 10.8. The molecule has 3 aromatic rings. The van der Waals surface area contributed by atoms with Crippen molar-refractivity contribution in [3.8, 4) is 5.75 Å². The van der Waals surface area contributed by atoms with Gasteiger partial charge in [-0.1, -0.05) is 12.1 Å². The van der Waals surface area contributed by atoms with Crippen molar-refractivity contribution in [3.05, 3.63) is 75.4 Å². The van der Waals surface area contributed by atoms with E-state index in [1.807, 2.05) is 13.0 Å². The summed E-state index contributed by atoms with van der Waals surface area (Å²) in [4.78, 5) is 23.9. The highest BCUT2D eigenvalue weighted by Gasteiger charge is 2.14. The summed E-state index contributed by atoms with van der Waals surface area (Å²) in [5.41, 5.74) is 2.03. The van der Waals surface area contributed by atoms with E-state index < -0.39 is 5.63 Å². The largest absolute Gasteiger partial charge is 0.489 e. The number of rotatable bonds is 7. The van der Waals surface area contributed by atoms with Gasteiger partial charge in [0, 0.05) is 23.4 Å². The Kier molecular flexibility index (Phi) is 6.09. The molecule has 0 N–H and O–H groups in total. The number of ether oxygens (including phenoxy) is 2. The molecule has 0 aliphatic carbocycles. The molecule has 3 rings (SSSR count). The van der Waals surface area contributed by atoms with Gasteiger partial charge in [-0.15, -0.1) is 0 Å². The Bertz CT molecular complexity index is 1040. The third-order valence-corrected chi connectivity index (χ3v) is 4.46. The quantitative estimate of drug-likeness (QED) is 0.448. The van der Waals surface area contributed by atoms with Gasteiger partial charge in [-0.2, -0.15) is 0 Å². The van der Waals surface area contributed by atoms with E-state index in [-0.39, 0.29) is 31.2 Å². The highest BCUT2D eigenvalue weighted by atomic mass is 19.1. The van der Waals surface area contributed by atoms with Crippen molar-refractivity contribution in [2.45, 2.75) is 33.3 Å². The van der Waals surface area contributed by atoms with Crippen LogP contribution in [0.3, 0.4) is 0 Å². The van der Waals surface area contributed by atoms with E-state index in [0.717, 1.165) is 16.5 Å². The Morgan fingerprint density at radius 2 is 1.89 bits per heavy atom. The molecule has 0 aliphatic rings. The molecule has 0 bridgehead atoms. The molecule has 5 nitrogen and oxygen atoms in total. The molecule has 6 heteroatoms. The number of esters is 1. The first kappa shape index (κ1) is 19.6. The van der Waals surface area contributed by atoms with E-state index in [2.05, 4.69) is 0 Å². The summed E-state index contributed by atoms with van der Waals surface area (Å²) in [6, 6.07) is 11.3. The number of hydrogen-bond acceptors (Lipinski definition) is 5. The molecule has 0 atom stereocenters. The van der Waals surface area contributed by atoms with Crippen molar-refractivity contribution in [1.29, 1.82) is 0 Å². The SMILES string of the molecule is CCOC(=O)CCc1c(C)c2ccc(OCc3ccc(F)cc3)cc2oc1=O. The fourth-order valence-corrected chi connectivity index (χ4v) is 2.96. The van der Waals surface area contributed by atoms with E-state index in [9.17, 15) is 14.0 Å². The Balaban J connectivity index is 1.78. The zero-order chi connectivity index (χ0) is 20.1. The lowest BCUT2D eigenvalue weighted by Gasteiger charge is -2.10. The lowest BCUT2D eigenvalue weighted by molar-refractivity contribution is -0.143. The first-order valence-electron chi connectivity index (χ1n) is 9.07. The van der Waals surface area contributed by atoms with Crippen LogP contribution in [0.25, 0.3) is 11.0 Å². The molecule has 0 spiro atoms. The number of halogens is 1. The summed E-state index contributed by atoms with van der Waals surface area (Å²) in [6.07, 6.45) is 0.398. The Labute approximate surface area is 161 Å². The summed E-state index contributed by atoms with van der Waals surface area (Å²) < 4.78 is 29.0. The predicted molar refractivity (Wildman–Crippen MR) is 103 cm³/mol. The van der Waals surface area contributed by atoms with Gasteiger partial charge in [0.2, 0.25) is 0 Å². The second kappa shape index (κ2) is 8.69. The van der Waals surface area contributed by atoms with Gasteiger partial charge in [-0.25, -0.2) is 9.18 Å². The lowest BCUT2D eigenvalue weighted by Crippen LogP contribution is -2.13. The van der Waals surface area contributed by atoms with Gasteiger partial charge in [0.15, 0.2) is 0 Å². The van der Waals surface area contributed by atoms with Crippen molar-refractivity contribution >= 4 is 16.9 Å². The monoisotopic (exact) mass is 384 g/mol. The number of fused-ring (bicyclic) bond motifs is 1. The molecule has 2 aromatic carbocycles. The van der Waals surface area contributed by atoms with Crippen molar-refractivity contribution in [2.75, 3.05) is 6.61 Å². The molecule has 0 saturated heterocycles. The zero-order valence-electron chi connectivity index (χ0n) is 15.8. The number of hydrogen-bond donors (Lipinski definition) is 0. The van der Waals surface area contributed by atoms with Gasteiger partial charge in [-0.3, -0.25) is 4.79 Å². The number of carbonyl (C=O) groups is 1. The molecule has 1 heterocycles. The first-order valence-corrected chi connectivity index (χ1v) is 9.07. The van der Waals surface area contributed by atoms with Crippen LogP contribution in [0.1, 0.15) is 30.0 Å². The van der Waals surface area contributed by atoms with Crippen LogP contribution in [0.15, 0.2) is 51.7 Å². The minimum Gasteiger partial charge on any atom is -0.489 e. The summed E-state index contributed by atoms with van der Waals surface area (Å²) in [5.74, 6) is -0.102. The Morgan fingerprint density at radius 1 is 1.14 bits per heavy atom. The molecule has 0 aliphatic heterocycles. The zero-order valence-corrected chi connectivity index (χ0v) is 15.8. The van der Waals surface area contributed by atoms with Crippen LogP contribution in [0, 0.1) is 12.7 Å². The second-order valence-corrected chi connectivity index (χ2v) is 6.37. The standard InChI is InChI=1S/C22H21FO5/c1-3-26-21(24)11-10-19-14(2)18-9-8-17(12-20(18)28-22(19)25)27-13-15-4-6-16(23)7-5-15/h4-9,12H,3,10-11,13H2,1-2H3. The van der Waals surface area contributed by atoms with Gasteiger partial charge >= 0.3 is 11.6 Å². The van der Waals surface area contributed by atoms with Gasteiger partial charge in [0.25, 0.3) is 0 Å². The van der Waals surface area contributed by atoms with Crippen molar-refractivity contribution in [2.24, 2.45) is 0 Å². The molecule has 28 heavy (non-hydrogen) atoms. The molecular weight excluding hydrogens is 363 g/mol. The summed E-state index contributed by atoms with van der Waals surface area (Å²) >= 11 is 0. The van der Waals surface area contributed by atoms with Gasteiger partial charge in [0.05, 0.1) is 6.61 Å². The van der Waals surface area contributed by atoms with Crippen LogP contribution in [0.4, 0.5) is 4.39 Å². The average Bonchev–Trinajstić information content (AvgIpc) is 2.67. The third-order valence-electron chi connectivity index (χ3n) is 4.46. The van der Waals surface area contributed by atoms with Crippen LogP contribution in [-0.2, 0) is 22.6 Å². The van der Waals surface area contributed by atoms with E-state index in [1.54, 1.807) is 31.2 Å². The maximum Gasteiger partial charge on any atom is 0.339 e. The summed E-state index contributed by atoms with van der Waals surface area (Å²) in [5, 5.41) is 0.785. The topological polar surface area (TPSA) is 65.7 Å². The van der Waals surface area contributed by atoms with Gasteiger partial charge in [0.1, 0.15) is 23.8 Å². The molecular formula is C22H21FO5. The van der Waals surface area contributed by atoms with E-state index in [1.165, 1.54) is 12.1 Å². The fourth-order valence-electron chi connectivity index (χ4n) is 2.96. The molecule has 1 aromatic heterocycles. The molecule has 0 fully saturated rings. The molecule has 146 valence electrons. The highest BCUT2D eigenvalue weighted by molar-refractivity contribution is 5.82. The Morgan fingerprint density at radius 3 is 2.61 bits per heavy atom. The average molecular weight is 384 g/mol. The van der Waals surface area contributed by atoms with Crippen LogP contribution in [-0.4, -0.2) is 12.6 Å². The predicted octanol–water partition coefficient (Wildman–Crippen LogP) is 4.32. The van der Waals surface area contributed by atoms with Gasteiger partial charge in [-0.05, 0) is 55.7 Å². The summed E-state index contributed by atoms with van der Waals surface area (Å²) in [6.45, 7) is 4.15. The van der Waals surface area contributed by atoms with Crippen LogP contribution in [0.2, 0.25) is 0 Å². The number of aryl methyl sites for hydroxylation is 1. The highest BCUT2D eigenvalue weighted by Crippen LogP contribution is 2.25. The smallest absolute Gasteiger partial charge is 0.339 e. The van der Waals surface area contributed by atoms with Crippen molar-refractivity contribution < 1.29 is 23.1 Å². The molecule has 0 amide bonds. The fraction of sp³-hybridized carbons (Fsp3) is 0.273. The Hall–Kier alpha value is -3.15. The lowest BCUT2D eigenvalue weighted by atomic mass is 10.0. The third kappa shape index (κ3) is 4.57. The molecule has 0 radical (unpaired) electrons. The van der Waals surface area contributed by atoms with Crippen molar-refractivity contribution in [3.63, 3.8) is 0 Å². The molecule has 0 unspecified atom stereocenters. The van der Waals surface area contributed by atoms with E-state index in [0.29, 0.717) is 23.5 Å². The first-order chi connectivity index (χ1) is 13.5. The number of benzene rings is 2.